The molecule has 0 fully saturated rings. The molecular formula is C4H4N4O. The number of hydrogen-bond acceptors (Lipinski definition) is 5. The largest absolute Gasteiger partial charge is 0.424 e. The first-order valence-electron chi connectivity index (χ1n) is 2.44. The third kappa shape index (κ3) is 0.543. The van der Waals surface area contributed by atoms with Crippen LogP contribution in [-0.2, 0) is 0 Å². The first kappa shape index (κ1) is 4.37. The average Bonchev–Trinajstić information content (AvgIpc) is 2.33. The molecule has 0 amide bonds. The Balaban J connectivity index is 2.53. The number of oxazole rings is 1. The molecule has 5 nitrogen and oxygen atoms in total. The highest BCUT2D eigenvalue weighted by atomic mass is 16.4. The molecule has 46 valence electrons. The number of nitrogens with one attached hydrogen (secondary N) is 2. The zero-order valence-electron chi connectivity index (χ0n) is 4.46. The van der Waals surface area contributed by atoms with Crippen LogP contribution in [-0.4, -0.2) is 11.3 Å². The molecule has 0 atom stereocenters. The normalized spacial score (nSPS) is 13.8. The van der Waals surface area contributed by atoms with Crippen molar-refractivity contribution >= 4 is 18.0 Å². The van der Waals surface area contributed by atoms with Gasteiger partial charge >= 0.3 is 0 Å². The molecule has 0 radical (unpaired) electrons. The summed E-state index contributed by atoms with van der Waals surface area (Å²) in [6.07, 6.45) is 2.83. The van der Waals surface area contributed by atoms with Crippen LogP contribution in [0, 0.1) is 0 Å². The van der Waals surface area contributed by atoms with Crippen LogP contribution in [0.25, 0.3) is 0 Å². The van der Waals surface area contributed by atoms with E-state index in [0.717, 1.165) is 0 Å². The van der Waals surface area contributed by atoms with E-state index in [4.69, 9.17) is 4.42 Å². The SMILES string of the molecule is C1=Nc2ocnc2NN1. The Bertz CT molecular complexity index is 240. The smallest absolute Gasteiger partial charge is 0.267 e. The van der Waals surface area contributed by atoms with E-state index in [1.807, 2.05) is 0 Å². The minimum absolute atomic E-state index is 0.508. The van der Waals surface area contributed by atoms with Crippen LogP contribution in [0.1, 0.15) is 0 Å². The van der Waals surface area contributed by atoms with E-state index in [2.05, 4.69) is 20.8 Å². The Morgan fingerprint density at radius 2 is 2.56 bits per heavy atom. The number of hydrazine groups is 1. The van der Waals surface area contributed by atoms with Gasteiger partial charge in [-0.3, -0.25) is 10.9 Å². The van der Waals surface area contributed by atoms with E-state index in [9.17, 15) is 0 Å². The minimum atomic E-state index is 0.508. The zero-order chi connectivity index (χ0) is 6.10. The number of fused-ring (bicyclic) bond motifs is 1. The van der Waals surface area contributed by atoms with Gasteiger partial charge in [0.15, 0.2) is 6.39 Å². The van der Waals surface area contributed by atoms with Gasteiger partial charge in [0.25, 0.3) is 5.88 Å². The third-order valence-electron chi connectivity index (χ3n) is 0.986. The lowest BCUT2D eigenvalue weighted by molar-refractivity contribution is 0.567. The number of nitrogens with zero attached hydrogens (tertiary/aromatic N) is 2. The Kier molecular flexibility index (Phi) is 0.717. The van der Waals surface area contributed by atoms with E-state index >= 15 is 0 Å². The van der Waals surface area contributed by atoms with Crippen LogP contribution in [0.5, 0.6) is 0 Å². The van der Waals surface area contributed by atoms with Crippen molar-refractivity contribution in [2.24, 2.45) is 4.99 Å². The summed E-state index contributed by atoms with van der Waals surface area (Å²) in [6.45, 7) is 0. The van der Waals surface area contributed by atoms with E-state index in [-0.39, 0.29) is 0 Å². The van der Waals surface area contributed by atoms with Gasteiger partial charge in [0.05, 0.1) is 0 Å². The summed E-state index contributed by atoms with van der Waals surface area (Å²) in [4.78, 5) is 7.63. The summed E-state index contributed by atoms with van der Waals surface area (Å²) < 4.78 is 4.84. The second-order valence-corrected chi connectivity index (χ2v) is 1.53. The van der Waals surface area contributed by atoms with Crippen LogP contribution < -0.4 is 10.9 Å². The zero-order valence-corrected chi connectivity index (χ0v) is 4.46. The van der Waals surface area contributed by atoms with Gasteiger partial charge in [0.2, 0.25) is 5.82 Å². The Morgan fingerprint density at radius 3 is 3.44 bits per heavy atom. The van der Waals surface area contributed by atoms with Crippen LogP contribution >= 0.6 is 0 Å². The van der Waals surface area contributed by atoms with Crippen molar-refractivity contribution in [2.75, 3.05) is 5.43 Å². The van der Waals surface area contributed by atoms with Crippen LogP contribution in [0.3, 0.4) is 0 Å². The monoisotopic (exact) mass is 124 g/mol. The maximum Gasteiger partial charge on any atom is 0.267 e. The van der Waals surface area contributed by atoms with Crippen molar-refractivity contribution in [3.8, 4) is 0 Å². The summed E-state index contributed by atoms with van der Waals surface area (Å²) in [5.74, 6) is 1.13. The Labute approximate surface area is 50.8 Å². The molecule has 0 saturated carbocycles. The molecule has 0 spiro atoms. The van der Waals surface area contributed by atoms with Gasteiger partial charge in [0, 0.05) is 0 Å². The molecule has 0 aromatic carbocycles. The Hall–Kier alpha value is -1.52. The van der Waals surface area contributed by atoms with Crippen LogP contribution in [0.2, 0.25) is 0 Å². The molecule has 0 aliphatic carbocycles. The number of aromatic nitrogens is 1. The van der Waals surface area contributed by atoms with Crippen molar-refractivity contribution in [3.05, 3.63) is 6.39 Å². The fourth-order valence-corrected chi connectivity index (χ4v) is 0.609. The molecular weight excluding hydrogens is 120 g/mol. The molecule has 1 aliphatic rings. The van der Waals surface area contributed by atoms with Gasteiger partial charge in [-0.05, 0) is 0 Å². The fraction of sp³-hybridized carbons (Fsp3) is 0. The minimum Gasteiger partial charge on any atom is -0.424 e. The van der Waals surface area contributed by atoms with Gasteiger partial charge in [-0.15, -0.1) is 0 Å². The quantitative estimate of drug-likeness (QED) is 0.521. The molecule has 2 N–H and O–H groups in total. The average molecular weight is 124 g/mol. The van der Waals surface area contributed by atoms with E-state index in [1.165, 1.54) is 12.7 Å². The molecule has 0 unspecified atom stereocenters. The molecule has 9 heavy (non-hydrogen) atoms. The number of hydrogen-bond donors (Lipinski definition) is 2. The predicted molar refractivity (Wildman–Crippen MR) is 31.4 cm³/mol. The number of anilines is 1. The van der Waals surface area contributed by atoms with Crippen molar-refractivity contribution in [2.45, 2.75) is 0 Å². The lowest BCUT2D eigenvalue weighted by Crippen LogP contribution is -2.21. The topological polar surface area (TPSA) is 62.5 Å². The molecule has 0 saturated heterocycles. The lowest BCUT2D eigenvalue weighted by atomic mass is 10.7. The maximum absolute atomic E-state index is 4.84. The van der Waals surface area contributed by atoms with Crippen molar-refractivity contribution in [3.63, 3.8) is 0 Å². The van der Waals surface area contributed by atoms with Gasteiger partial charge in [-0.1, -0.05) is 0 Å². The highest BCUT2D eigenvalue weighted by Gasteiger charge is 2.06. The van der Waals surface area contributed by atoms with Gasteiger partial charge in [0.1, 0.15) is 6.34 Å². The summed E-state index contributed by atoms with van der Waals surface area (Å²) in [5.41, 5.74) is 5.40. The van der Waals surface area contributed by atoms with Gasteiger partial charge < -0.3 is 4.42 Å². The summed E-state index contributed by atoms with van der Waals surface area (Å²) in [7, 11) is 0. The third-order valence-corrected chi connectivity index (χ3v) is 0.986. The summed E-state index contributed by atoms with van der Waals surface area (Å²) in [6, 6.07) is 0. The second-order valence-electron chi connectivity index (χ2n) is 1.53. The molecule has 2 rings (SSSR count). The summed E-state index contributed by atoms with van der Waals surface area (Å²) >= 11 is 0. The van der Waals surface area contributed by atoms with E-state index in [0.29, 0.717) is 11.7 Å². The van der Waals surface area contributed by atoms with Crippen molar-refractivity contribution in [1.82, 2.24) is 10.4 Å². The molecule has 1 aliphatic heterocycles. The first-order valence-corrected chi connectivity index (χ1v) is 2.44. The van der Waals surface area contributed by atoms with Gasteiger partial charge in [-0.25, -0.2) is 0 Å². The standard InChI is InChI=1S/C4H4N4O/c1-5-4-3(8-7-1)6-2-9-4/h1-2,8H,(H,5,7). The van der Waals surface area contributed by atoms with E-state index in [1.54, 1.807) is 0 Å². The van der Waals surface area contributed by atoms with Crippen LogP contribution in [0.15, 0.2) is 15.8 Å². The van der Waals surface area contributed by atoms with E-state index < -0.39 is 0 Å². The first-order chi connectivity index (χ1) is 4.47. The predicted octanol–water partition coefficient (Wildman–Crippen LogP) is 0.264. The Morgan fingerprint density at radius 1 is 1.56 bits per heavy atom. The highest BCUT2D eigenvalue weighted by Crippen LogP contribution is 2.22. The van der Waals surface area contributed by atoms with Crippen LogP contribution in [0.4, 0.5) is 11.7 Å². The molecule has 1 aromatic heterocycles. The highest BCUT2D eigenvalue weighted by molar-refractivity contribution is 5.70. The van der Waals surface area contributed by atoms with Gasteiger partial charge in [-0.2, -0.15) is 9.98 Å². The molecule has 0 bridgehead atoms. The number of rotatable bonds is 0. The van der Waals surface area contributed by atoms with Crippen molar-refractivity contribution < 1.29 is 4.42 Å². The summed E-state index contributed by atoms with van der Waals surface area (Å²) in [5, 5.41) is 0. The lowest BCUT2D eigenvalue weighted by Gasteiger charge is -2.04. The molecule has 5 heteroatoms. The number of aliphatic imine (C=N–C) groups is 1. The fourth-order valence-electron chi connectivity index (χ4n) is 0.609. The maximum atomic E-state index is 4.84. The molecule has 1 aromatic rings. The molecule has 2 heterocycles. The second kappa shape index (κ2) is 1.48. The van der Waals surface area contributed by atoms with Crippen molar-refractivity contribution in [1.29, 1.82) is 0 Å².